The molecule has 4 nitrogen and oxygen atoms in total. The van der Waals surface area contributed by atoms with Crippen molar-refractivity contribution in [3.8, 4) is 5.69 Å². The lowest BCUT2D eigenvalue weighted by molar-refractivity contribution is 0.871. The van der Waals surface area contributed by atoms with Crippen LogP contribution in [0.25, 0.3) is 11.0 Å². The molecule has 1 aliphatic heterocycles. The smallest absolute Gasteiger partial charge is 0.134 e. The van der Waals surface area contributed by atoms with Crippen LogP contribution in [0.1, 0.15) is 11.6 Å². The van der Waals surface area contributed by atoms with E-state index in [1.54, 1.807) is 0 Å². The highest BCUT2D eigenvalue weighted by molar-refractivity contribution is 5.66. The van der Waals surface area contributed by atoms with E-state index in [1.165, 1.54) is 0 Å². The zero-order valence-electron chi connectivity index (χ0n) is 7.81. The third-order valence-electron chi connectivity index (χ3n) is 2.41. The van der Waals surface area contributed by atoms with Crippen molar-refractivity contribution in [2.75, 3.05) is 0 Å². The first-order valence-corrected chi connectivity index (χ1v) is 4.54. The largest absolute Gasteiger partial charge is 0.677 e. The second-order valence-corrected chi connectivity index (χ2v) is 3.30. The quantitative estimate of drug-likeness (QED) is 0.630. The molecule has 0 amide bonds. The van der Waals surface area contributed by atoms with Crippen molar-refractivity contribution >= 4 is 5.69 Å². The molecule has 2 heterocycles. The van der Waals surface area contributed by atoms with Crippen LogP contribution in [0.3, 0.4) is 0 Å². The van der Waals surface area contributed by atoms with Gasteiger partial charge >= 0.3 is 0 Å². The van der Waals surface area contributed by atoms with Crippen molar-refractivity contribution in [3.05, 3.63) is 41.2 Å². The van der Waals surface area contributed by atoms with E-state index in [1.807, 2.05) is 31.2 Å². The lowest BCUT2D eigenvalue weighted by atomic mass is 10.2. The first kappa shape index (κ1) is 7.55. The summed E-state index contributed by atoms with van der Waals surface area (Å²) in [6.07, 6.45) is 0. The second-order valence-electron chi connectivity index (χ2n) is 3.30. The molecule has 1 aromatic heterocycles. The molecule has 0 bridgehead atoms. The van der Waals surface area contributed by atoms with Crippen LogP contribution in [0.15, 0.2) is 24.3 Å². The highest BCUT2D eigenvalue weighted by atomic mass is 15.3. The fraction of sp³-hybridized carbons (Fsp3) is 0.200. The van der Waals surface area contributed by atoms with Crippen molar-refractivity contribution in [1.29, 1.82) is 0 Å². The number of nitrogens with zero attached hydrogens (tertiary/aromatic N) is 4. The van der Waals surface area contributed by atoms with Gasteiger partial charge in [0, 0.05) is 5.69 Å². The first-order valence-electron chi connectivity index (χ1n) is 4.54. The first-order chi connectivity index (χ1) is 6.86. The van der Waals surface area contributed by atoms with Gasteiger partial charge in [-0.2, -0.15) is 0 Å². The zero-order chi connectivity index (χ0) is 9.54. The van der Waals surface area contributed by atoms with Gasteiger partial charge in [-0.1, -0.05) is 24.7 Å². The molecule has 0 spiro atoms. The molecule has 1 aromatic carbocycles. The Labute approximate surface area is 81.6 Å². The topological polar surface area (TPSA) is 44.8 Å². The predicted molar refractivity (Wildman–Crippen MR) is 52.8 cm³/mol. The van der Waals surface area contributed by atoms with Crippen LogP contribution in [0, 0.1) is 6.92 Å². The fourth-order valence-electron chi connectivity index (χ4n) is 1.76. The number of rotatable bonds is 0. The second kappa shape index (κ2) is 2.57. The summed E-state index contributed by atoms with van der Waals surface area (Å²) < 4.78 is 2.06. The molecule has 0 saturated heterocycles. The Morgan fingerprint density at radius 2 is 2.14 bits per heavy atom. The Morgan fingerprint density at radius 1 is 1.29 bits per heavy atom. The highest BCUT2D eigenvalue weighted by Gasteiger charge is 2.11. The molecule has 4 heteroatoms. The summed E-state index contributed by atoms with van der Waals surface area (Å²) in [7, 11) is 0. The maximum Gasteiger partial charge on any atom is 0.134 e. The lowest BCUT2D eigenvalue weighted by Gasteiger charge is -2.30. The molecule has 0 unspecified atom stereocenters. The van der Waals surface area contributed by atoms with Crippen LogP contribution in [0.4, 0.5) is 5.69 Å². The minimum Gasteiger partial charge on any atom is -0.677 e. The van der Waals surface area contributed by atoms with Gasteiger partial charge in [0.15, 0.2) is 0 Å². The van der Waals surface area contributed by atoms with E-state index in [4.69, 9.17) is 0 Å². The molecule has 3 rings (SSSR count). The zero-order valence-corrected chi connectivity index (χ0v) is 7.81. The van der Waals surface area contributed by atoms with E-state index in [0.717, 1.165) is 23.0 Å². The molecule has 0 fully saturated rings. The van der Waals surface area contributed by atoms with Crippen LogP contribution in [0.5, 0.6) is 0 Å². The number of hydrogen-bond donors (Lipinski definition) is 0. The fourth-order valence-corrected chi connectivity index (χ4v) is 1.76. The van der Waals surface area contributed by atoms with E-state index in [2.05, 4.69) is 20.1 Å². The van der Waals surface area contributed by atoms with E-state index in [0.29, 0.717) is 6.54 Å². The minimum atomic E-state index is 0.623. The number of benzene rings is 1. The molecular weight excluding hydrogens is 176 g/mol. The number of hydrogen-bond acceptors (Lipinski definition) is 2. The third kappa shape index (κ3) is 0.878. The Balaban J connectivity index is 2.32. The summed E-state index contributed by atoms with van der Waals surface area (Å²) in [6, 6.07) is 8.05. The van der Waals surface area contributed by atoms with Crippen molar-refractivity contribution in [3.63, 3.8) is 0 Å². The molecule has 0 saturated carbocycles. The predicted octanol–water partition coefficient (Wildman–Crippen LogP) is 2.09. The normalized spacial score (nSPS) is 12.9. The summed E-state index contributed by atoms with van der Waals surface area (Å²) in [5, 5.41) is 12.5. The Morgan fingerprint density at radius 3 is 3.07 bits per heavy atom. The molecular formula is C10H9N4-. The van der Waals surface area contributed by atoms with Gasteiger partial charge in [0.25, 0.3) is 0 Å². The molecule has 1 aliphatic rings. The maximum absolute atomic E-state index is 4.42. The van der Waals surface area contributed by atoms with Crippen molar-refractivity contribution in [2.45, 2.75) is 13.5 Å². The Hall–Kier alpha value is -1.84. The van der Waals surface area contributed by atoms with E-state index < -0.39 is 0 Å². The molecule has 0 N–H and O–H groups in total. The van der Waals surface area contributed by atoms with Gasteiger partial charge < -0.3 is 5.32 Å². The summed E-state index contributed by atoms with van der Waals surface area (Å²) in [5.74, 6) is 1.84. The van der Waals surface area contributed by atoms with Gasteiger partial charge in [0.2, 0.25) is 0 Å². The number of para-hydroxylation sites is 2. The van der Waals surface area contributed by atoms with Crippen LogP contribution in [-0.4, -0.2) is 14.8 Å². The van der Waals surface area contributed by atoms with Crippen LogP contribution >= 0.6 is 0 Å². The highest BCUT2D eigenvalue weighted by Crippen LogP contribution is 2.34. The Kier molecular flexibility index (Phi) is 1.39. The summed E-state index contributed by atoms with van der Waals surface area (Å²) in [5.41, 5.74) is 2.10. The van der Waals surface area contributed by atoms with Gasteiger partial charge in [-0.15, -0.1) is 15.9 Å². The monoisotopic (exact) mass is 185 g/mol. The number of aryl methyl sites for hydroxylation is 1. The van der Waals surface area contributed by atoms with Crippen molar-refractivity contribution in [1.82, 2.24) is 14.8 Å². The molecule has 70 valence electrons. The van der Waals surface area contributed by atoms with Gasteiger partial charge in [0.05, 0.1) is 0 Å². The molecule has 2 aromatic rings. The van der Waals surface area contributed by atoms with E-state index in [9.17, 15) is 0 Å². The summed E-state index contributed by atoms with van der Waals surface area (Å²) in [4.78, 5) is 0. The van der Waals surface area contributed by atoms with E-state index >= 15 is 0 Å². The molecule has 0 radical (unpaired) electrons. The molecule has 14 heavy (non-hydrogen) atoms. The number of aromatic nitrogens is 3. The minimum absolute atomic E-state index is 0.623. The van der Waals surface area contributed by atoms with E-state index in [-0.39, 0.29) is 0 Å². The average molecular weight is 185 g/mol. The van der Waals surface area contributed by atoms with Crippen molar-refractivity contribution in [2.24, 2.45) is 0 Å². The average Bonchev–Trinajstić information content (AvgIpc) is 2.61. The third-order valence-corrected chi connectivity index (χ3v) is 2.41. The van der Waals surface area contributed by atoms with Crippen LogP contribution < -0.4 is 0 Å². The summed E-state index contributed by atoms with van der Waals surface area (Å²) >= 11 is 0. The van der Waals surface area contributed by atoms with Gasteiger partial charge in [-0.3, -0.25) is 4.57 Å². The van der Waals surface area contributed by atoms with Crippen molar-refractivity contribution < 1.29 is 0 Å². The van der Waals surface area contributed by atoms with Gasteiger partial charge in [-0.05, 0) is 13.0 Å². The van der Waals surface area contributed by atoms with Gasteiger partial charge in [0.1, 0.15) is 11.6 Å². The lowest BCUT2D eigenvalue weighted by Crippen LogP contribution is -2.07. The van der Waals surface area contributed by atoms with Gasteiger partial charge in [-0.25, -0.2) is 0 Å². The Bertz CT molecular complexity index is 487. The molecule has 0 aliphatic carbocycles. The maximum atomic E-state index is 4.42. The standard InChI is InChI=1S/C10H9N4/c1-7-12-13-10-6-11-8-4-2-3-5-9(8)14(7)10/h2-5H,6H2,1H3/q-1. The number of fused-ring (bicyclic) bond motifs is 3. The SMILES string of the molecule is Cc1nnc2n1-c1ccccc1[N-]C2. The molecule has 0 atom stereocenters. The van der Waals surface area contributed by atoms with Crippen LogP contribution in [0.2, 0.25) is 0 Å². The summed E-state index contributed by atoms with van der Waals surface area (Å²) in [6.45, 7) is 2.58. The van der Waals surface area contributed by atoms with Crippen LogP contribution in [-0.2, 0) is 6.54 Å².